The molecule has 0 radical (unpaired) electrons. The van der Waals surface area contributed by atoms with Gasteiger partial charge in [-0.2, -0.15) is 11.3 Å². The zero-order valence-corrected chi connectivity index (χ0v) is 16.4. The molecular weight excluding hydrogens is 362 g/mol. The normalized spacial score (nSPS) is 18.8. The lowest BCUT2D eigenvalue weighted by molar-refractivity contribution is 0.113. The van der Waals surface area contributed by atoms with Crippen molar-refractivity contribution in [1.29, 1.82) is 0 Å². The highest BCUT2D eigenvalue weighted by Gasteiger charge is 2.26. The van der Waals surface area contributed by atoms with Crippen LogP contribution >= 0.6 is 22.7 Å². The number of likely N-dealkylation sites (N-methyl/N-ethyl adjacent to an activating group) is 1. The number of rotatable bonds is 6. The zero-order chi connectivity index (χ0) is 17.2. The van der Waals surface area contributed by atoms with Gasteiger partial charge in [-0.25, -0.2) is 13.1 Å². The molecule has 8 heteroatoms. The van der Waals surface area contributed by atoms with Crippen molar-refractivity contribution in [3.05, 3.63) is 39.4 Å². The Morgan fingerprint density at radius 2 is 1.96 bits per heavy atom. The Kier molecular flexibility index (Phi) is 5.74. The Bertz CT molecular complexity index is 747. The maximum atomic E-state index is 12.5. The molecule has 1 atom stereocenters. The second-order valence-corrected chi connectivity index (χ2v) is 10.2. The van der Waals surface area contributed by atoms with Crippen LogP contribution in [0.3, 0.4) is 0 Å². The molecule has 1 aliphatic rings. The van der Waals surface area contributed by atoms with Gasteiger partial charge in [-0.3, -0.25) is 4.90 Å². The van der Waals surface area contributed by atoms with Crippen LogP contribution < -0.4 is 4.72 Å². The second kappa shape index (κ2) is 7.63. The molecule has 0 amide bonds. The van der Waals surface area contributed by atoms with E-state index < -0.39 is 10.0 Å². The van der Waals surface area contributed by atoms with E-state index in [1.54, 1.807) is 17.4 Å². The van der Waals surface area contributed by atoms with Crippen LogP contribution in [0.2, 0.25) is 0 Å². The lowest BCUT2D eigenvalue weighted by Gasteiger charge is -2.37. The summed E-state index contributed by atoms with van der Waals surface area (Å²) in [6.45, 7) is 6.25. The number of nitrogens with zero attached hydrogens (tertiary/aromatic N) is 2. The van der Waals surface area contributed by atoms with Crippen molar-refractivity contribution < 1.29 is 8.42 Å². The molecule has 0 aliphatic carbocycles. The lowest BCUT2D eigenvalue weighted by Crippen LogP contribution is -2.48. The predicted octanol–water partition coefficient (Wildman–Crippen LogP) is 2.39. The Morgan fingerprint density at radius 1 is 1.21 bits per heavy atom. The average molecular weight is 386 g/mol. The van der Waals surface area contributed by atoms with Gasteiger partial charge in [0.25, 0.3) is 0 Å². The van der Waals surface area contributed by atoms with E-state index >= 15 is 0 Å². The fourth-order valence-corrected chi connectivity index (χ4v) is 5.95. The summed E-state index contributed by atoms with van der Waals surface area (Å²) < 4.78 is 28.3. The number of thiophene rings is 2. The van der Waals surface area contributed by atoms with Gasteiger partial charge in [0, 0.05) is 43.6 Å². The van der Waals surface area contributed by atoms with Crippen molar-refractivity contribution in [3.8, 4) is 0 Å². The van der Waals surface area contributed by atoms with Crippen molar-refractivity contribution in [2.45, 2.75) is 17.2 Å². The van der Waals surface area contributed by atoms with Crippen LogP contribution in [0, 0.1) is 6.92 Å². The highest BCUT2D eigenvalue weighted by molar-refractivity contribution is 7.91. The maximum absolute atomic E-state index is 12.5. The zero-order valence-electron chi connectivity index (χ0n) is 13.9. The van der Waals surface area contributed by atoms with E-state index in [0.29, 0.717) is 10.8 Å². The SMILES string of the molecule is Cc1ccc(S(=O)(=O)NC[C@H](c2ccsc2)N2CCN(C)CC2)s1. The van der Waals surface area contributed by atoms with Gasteiger partial charge in [-0.05, 0) is 48.5 Å². The highest BCUT2D eigenvalue weighted by atomic mass is 32.2. The Hall–Kier alpha value is -0.770. The Labute approximate surface area is 152 Å². The van der Waals surface area contributed by atoms with E-state index in [1.165, 1.54) is 16.9 Å². The van der Waals surface area contributed by atoms with E-state index in [4.69, 9.17) is 0 Å². The molecule has 1 saturated heterocycles. The maximum Gasteiger partial charge on any atom is 0.250 e. The van der Waals surface area contributed by atoms with E-state index in [-0.39, 0.29) is 6.04 Å². The third-order valence-corrected chi connectivity index (χ3v) is 7.97. The molecular formula is C16H23N3O2S3. The molecule has 0 spiro atoms. The number of piperazine rings is 1. The molecule has 0 unspecified atom stereocenters. The summed E-state index contributed by atoms with van der Waals surface area (Å²) in [5.74, 6) is 0. The fourth-order valence-electron chi connectivity index (χ4n) is 2.87. The number of aryl methyl sites for hydroxylation is 1. The summed E-state index contributed by atoms with van der Waals surface area (Å²) in [5.41, 5.74) is 1.19. The molecule has 5 nitrogen and oxygen atoms in total. The number of nitrogens with one attached hydrogen (secondary N) is 1. The second-order valence-electron chi connectivity index (χ2n) is 6.13. The summed E-state index contributed by atoms with van der Waals surface area (Å²) >= 11 is 2.96. The molecule has 1 fully saturated rings. The van der Waals surface area contributed by atoms with Crippen LogP contribution in [-0.2, 0) is 10.0 Å². The van der Waals surface area contributed by atoms with Crippen molar-refractivity contribution in [1.82, 2.24) is 14.5 Å². The molecule has 1 aliphatic heterocycles. The summed E-state index contributed by atoms with van der Waals surface area (Å²) in [5, 5.41) is 4.17. The minimum atomic E-state index is -3.44. The lowest BCUT2D eigenvalue weighted by atomic mass is 10.1. The summed E-state index contributed by atoms with van der Waals surface area (Å²) in [4.78, 5) is 5.69. The molecule has 0 aromatic carbocycles. The largest absolute Gasteiger partial charge is 0.304 e. The smallest absolute Gasteiger partial charge is 0.250 e. The van der Waals surface area contributed by atoms with Gasteiger partial charge in [0.1, 0.15) is 4.21 Å². The molecule has 0 bridgehead atoms. The van der Waals surface area contributed by atoms with Crippen molar-refractivity contribution in [3.63, 3.8) is 0 Å². The van der Waals surface area contributed by atoms with Crippen LogP contribution in [0.1, 0.15) is 16.5 Å². The summed E-state index contributed by atoms with van der Waals surface area (Å²) in [6.07, 6.45) is 0. The number of hydrogen-bond donors (Lipinski definition) is 1. The van der Waals surface area contributed by atoms with Gasteiger partial charge < -0.3 is 4.90 Å². The van der Waals surface area contributed by atoms with Crippen LogP contribution in [-0.4, -0.2) is 58.0 Å². The molecule has 3 rings (SSSR count). The number of sulfonamides is 1. The fraction of sp³-hybridized carbons (Fsp3) is 0.500. The monoisotopic (exact) mass is 385 g/mol. The van der Waals surface area contributed by atoms with Gasteiger partial charge in [0.2, 0.25) is 10.0 Å². The molecule has 2 aromatic rings. The topological polar surface area (TPSA) is 52.7 Å². The van der Waals surface area contributed by atoms with Crippen LogP contribution in [0.4, 0.5) is 0 Å². The average Bonchev–Trinajstić information content (AvgIpc) is 3.21. The number of hydrogen-bond acceptors (Lipinski definition) is 6. The minimum absolute atomic E-state index is 0.0841. The highest BCUT2D eigenvalue weighted by Crippen LogP contribution is 2.25. The first-order valence-corrected chi connectivity index (χ1v) is 11.2. The summed E-state index contributed by atoms with van der Waals surface area (Å²) in [7, 11) is -1.32. The van der Waals surface area contributed by atoms with Crippen molar-refractivity contribution >= 4 is 32.7 Å². The van der Waals surface area contributed by atoms with Crippen molar-refractivity contribution in [2.75, 3.05) is 39.8 Å². The van der Waals surface area contributed by atoms with Gasteiger partial charge in [-0.15, -0.1) is 11.3 Å². The Morgan fingerprint density at radius 3 is 2.54 bits per heavy atom. The van der Waals surface area contributed by atoms with Gasteiger partial charge in [0.15, 0.2) is 0 Å². The predicted molar refractivity (Wildman–Crippen MR) is 100 cm³/mol. The quantitative estimate of drug-likeness (QED) is 0.830. The van der Waals surface area contributed by atoms with Crippen molar-refractivity contribution in [2.24, 2.45) is 0 Å². The Balaban J connectivity index is 1.73. The van der Waals surface area contributed by atoms with E-state index in [9.17, 15) is 8.42 Å². The first-order valence-electron chi connectivity index (χ1n) is 7.96. The molecule has 0 saturated carbocycles. The van der Waals surface area contributed by atoms with Crippen LogP contribution in [0.5, 0.6) is 0 Å². The standard InChI is InChI=1S/C16H23N3O2S3/c1-13-3-4-16(23-13)24(20,21)17-11-15(14-5-10-22-12-14)19-8-6-18(2)7-9-19/h3-5,10,12,15,17H,6-9,11H2,1-2H3/t15-/m1/s1. The first kappa shape index (κ1) is 18.0. The molecule has 132 valence electrons. The van der Waals surface area contributed by atoms with Gasteiger partial charge in [0.05, 0.1) is 0 Å². The molecule has 2 aromatic heterocycles. The molecule has 1 N–H and O–H groups in total. The van der Waals surface area contributed by atoms with Gasteiger partial charge >= 0.3 is 0 Å². The van der Waals surface area contributed by atoms with E-state index in [1.807, 2.05) is 13.0 Å². The summed E-state index contributed by atoms with van der Waals surface area (Å²) in [6, 6.07) is 5.70. The van der Waals surface area contributed by atoms with Crippen LogP contribution in [0.15, 0.2) is 33.2 Å². The van der Waals surface area contributed by atoms with E-state index in [0.717, 1.165) is 31.1 Å². The molecule has 3 heterocycles. The molecule has 24 heavy (non-hydrogen) atoms. The van der Waals surface area contributed by atoms with Crippen LogP contribution in [0.25, 0.3) is 0 Å². The third-order valence-electron chi connectivity index (χ3n) is 4.35. The van der Waals surface area contributed by atoms with E-state index in [2.05, 4.69) is 38.4 Å². The minimum Gasteiger partial charge on any atom is -0.304 e. The van der Waals surface area contributed by atoms with Gasteiger partial charge in [-0.1, -0.05) is 0 Å². The third kappa shape index (κ3) is 4.25. The first-order chi connectivity index (χ1) is 11.5.